The maximum atomic E-state index is 12.5. The lowest BCUT2D eigenvalue weighted by Gasteiger charge is -2.33. The smallest absolute Gasteiger partial charge is 0.248 e. The van der Waals surface area contributed by atoms with E-state index in [4.69, 9.17) is 23.2 Å². The van der Waals surface area contributed by atoms with Crippen molar-refractivity contribution >= 4 is 52.3 Å². The molecule has 6 heteroatoms. The molecule has 1 unspecified atom stereocenters. The molecule has 2 aromatic carbocycles. The highest BCUT2D eigenvalue weighted by Crippen LogP contribution is 2.41. The third-order valence-electron chi connectivity index (χ3n) is 3.99. The van der Waals surface area contributed by atoms with Crippen LogP contribution in [0.2, 0.25) is 10.0 Å². The van der Waals surface area contributed by atoms with E-state index in [-0.39, 0.29) is 11.8 Å². The number of hydrogen-bond donors (Lipinski definition) is 0. The van der Waals surface area contributed by atoms with Crippen LogP contribution in [0, 0.1) is 5.92 Å². The third-order valence-corrected chi connectivity index (χ3v) is 5.97. The summed E-state index contributed by atoms with van der Waals surface area (Å²) < 4.78 is 0. The summed E-state index contributed by atoms with van der Waals surface area (Å²) in [4.78, 5) is 13.5. The predicted molar refractivity (Wildman–Crippen MR) is 95.8 cm³/mol. The molecular formula is C17H12Cl2N2OS. The highest BCUT2D eigenvalue weighted by atomic mass is 35.5. The van der Waals surface area contributed by atoms with Crippen LogP contribution in [0.5, 0.6) is 0 Å². The van der Waals surface area contributed by atoms with Gasteiger partial charge in [-0.25, -0.2) is 5.01 Å². The maximum Gasteiger partial charge on any atom is 0.248 e. The third kappa shape index (κ3) is 2.65. The molecule has 1 amide bonds. The highest BCUT2D eigenvalue weighted by molar-refractivity contribution is 7.99. The molecule has 0 N–H and O–H groups in total. The predicted octanol–water partition coefficient (Wildman–Crippen LogP) is 4.86. The van der Waals surface area contributed by atoms with Gasteiger partial charge in [0, 0.05) is 33.6 Å². The van der Waals surface area contributed by atoms with E-state index in [1.54, 1.807) is 36.0 Å². The van der Waals surface area contributed by atoms with Crippen LogP contribution in [0.1, 0.15) is 12.0 Å². The number of nitrogens with zero attached hydrogens (tertiary/aromatic N) is 2. The molecule has 2 aliphatic heterocycles. The summed E-state index contributed by atoms with van der Waals surface area (Å²) in [5.41, 5.74) is 2.70. The number of carbonyl (C=O) groups is 1. The van der Waals surface area contributed by atoms with E-state index in [1.807, 2.05) is 18.2 Å². The molecule has 4 rings (SSSR count). The van der Waals surface area contributed by atoms with Crippen LogP contribution >= 0.6 is 35.0 Å². The number of thioether (sulfide) groups is 1. The Kier molecular flexibility index (Phi) is 3.84. The number of carbonyl (C=O) groups excluding carboxylic acids is 1. The lowest BCUT2D eigenvalue weighted by atomic mass is 9.93. The fraction of sp³-hybridized carbons (Fsp3) is 0.176. The number of fused-ring (bicyclic) bond motifs is 3. The lowest BCUT2D eigenvalue weighted by Crippen LogP contribution is -2.39. The number of hydrazone groups is 1. The monoisotopic (exact) mass is 362 g/mol. The fourth-order valence-corrected chi connectivity index (χ4v) is 4.52. The van der Waals surface area contributed by atoms with Gasteiger partial charge in [0.05, 0.1) is 16.4 Å². The average molecular weight is 363 g/mol. The number of hydrogen-bond acceptors (Lipinski definition) is 3. The van der Waals surface area contributed by atoms with Gasteiger partial charge in [0.1, 0.15) is 0 Å². The van der Waals surface area contributed by atoms with Gasteiger partial charge in [0.25, 0.3) is 0 Å². The molecule has 0 aliphatic carbocycles. The summed E-state index contributed by atoms with van der Waals surface area (Å²) in [5.74, 6) is 0.977. The Morgan fingerprint density at radius 1 is 1.13 bits per heavy atom. The van der Waals surface area contributed by atoms with Gasteiger partial charge in [-0.15, -0.1) is 11.8 Å². The van der Waals surface area contributed by atoms with Crippen molar-refractivity contribution in [1.29, 1.82) is 0 Å². The zero-order valence-corrected chi connectivity index (χ0v) is 14.3. The van der Waals surface area contributed by atoms with Crippen molar-refractivity contribution in [2.75, 3.05) is 10.8 Å². The number of benzene rings is 2. The Bertz CT molecular complexity index is 820. The average Bonchev–Trinajstić information content (AvgIpc) is 2.55. The van der Waals surface area contributed by atoms with Crippen LogP contribution in [0.3, 0.4) is 0 Å². The van der Waals surface area contributed by atoms with Crippen LogP contribution in [-0.4, -0.2) is 17.4 Å². The van der Waals surface area contributed by atoms with Crippen molar-refractivity contribution in [3.8, 4) is 0 Å². The summed E-state index contributed by atoms with van der Waals surface area (Å²) in [6.45, 7) is 0. The van der Waals surface area contributed by atoms with E-state index in [0.717, 1.165) is 32.6 Å². The second-order valence-electron chi connectivity index (χ2n) is 5.50. The van der Waals surface area contributed by atoms with Crippen molar-refractivity contribution in [3.63, 3.8) is 0 Å². The van der Waals surface area contributed by atoms with Gasteiger partial charge >= 0.3 is 0 Å². The molecule has 0 saturated carbocycles. The molecule has 0 saturated heterocycles. The molecule has 0 fully saturated rings. The molecule has 0 aromatic heterocycles. The van der Waals surface area contributed by atoms with Gasteiger partial charge in [-0.05, 0) is 30.3 Å². The maximum absolute atomic E-state index is 12.5. The van der Waals surface area contributed by atoms with Crippen LogP contribution in [0.15, 0.2) is 52.5 Å². The Morgan fingerprint density at radius 2 is 1.91 bits per heavy atom. The Balaban J connectivity index is 1.81. The standard InChI is InChI=1S/C17H12Cl2N2OS/c18-11-4-6-12(7-5-11)21-15(22)8-10-9-23-17-13(16(10)20-21)2-1-3-14(17)19/h1-7,10H,8-9H2. The molecule has 0 bridgehead atoms. The molecule has 2 aromatic rings. The summed E-state index contributed by atoms with van der Waals surface area (Å²) in [5, 5.41) is 7.50. The second kappa shape index (κ2) is 5.86. The minimum atomic E-state index is 0.00662. The first-order valence-electron chi connectivity index (χ1n) is 7.22. The number of rotatable bonds is 1. The second-order valence-corrected chi connectivity index (χ2v) is 7.37. The summed E-state index contributed by atoms with van der Waals surface area (Å²) in [7, 11) is 0. The summed E-state index contributed by atoms with van der Waals surface area (Å²) in [6.07, 6.45) is 0.459. The zero-order valence-electron chi connectivity index (χ0n) is 12.0. The first kappa shape index (κ1) is 15.1. The van der Waals surface area contributed by atoms with Gasteiger partial charge in [-0.2, -0.15) is 5.10 Å². The molecule has 0 spiro atoms. The minimum absolute atomic E-state index is 0.00662. The molecule has 116 valence electrons. The topological polar surface area (TPSA) is 32.7 Å². The van der Waals surface area contributed by atoms with E-state index < -0.39 is 0 Å². The van der Waals surface area contributed by atoms with Crippen molar-refractivity contribution in [2.24, 2.45) is 11.0 Å². The summed E-state index contributed by atoms with van der Waals surface area (Å²) >= 11 is 13.9. The van der Waals surface area contributed by atoms with Crippen LogP contribution < -0.4 is 5.01 Å². The molecule has 1 atom stereocenters. The van der Waals surface area contributed by atoms with Crippen LogP contribution in [-0.2, 0) is 4.79 Å². The van der Waals surface area contributed by atoms with Crippen molar-refractivity contribution in [2.45, 2.75) is 11.3 Å². The van der Waals surface area contributed by atoms with Crippen LogP contribution in [0.4, 0.5) is 5.69 Å². The van der Waals surface area contributed by atoms with E-state index in [0.29, 0.717) is 11.4 Å². The van der Waals surface area contributed by atoms with Gasteiger partial charge in [-0.3, -0.25) is 4.79 Å². The number of amides is 1. The minimum Gasteiger partial charge on any atom is -0.273 e. The van der Waals surface area contributed by atoms with E-state index in [9.17, 15) is 4.79 Å². The molecule has 0 radical (unpaired) electrons. The quantitative estimate of drug-likeness (QED) is 0.725. The van der Waals surface area contributed by atoms with Crippen LogP contribution in [0.25, 0.3) is 0 Å². The molecule has 2 aliphatic rings. The number of halogens is 2. The van der Waals surface area contributed by atoms with E-state index >= 15 is 0 Å². The largest absolute Gasteiger partial charge is 0.273 e. The molecule has 3 nitrogen and oxygen atoms in total. The van der Waals surface area contributed by atoms with Crippen molar-refractivity contribution in [1.82, 2.24) is 0 Å². The fourth-order valence-electron chi connectivity index (χ4n) is 2.88. The molecule has 2 heterocycles. The number of anilines is 1. The zero-order chi connectivity index (χ0) is 16.0. The summed E-state index contributed by atoms with van der Waals surface area (Å²) in [6, 6.07) is 13.0. The Hall–Kier alpha value is -1.49. The van der Waals surface area contributed by atoms with Gasteiger partial charge in [-0.1, -0.05) is 35.3 Å². The van der Waals surface area contributed by atoms with Crippen molar-refractivity contribution < 1.29 is 4.79 Å². The lowest BCUT2D eigenvalue weighted by molar-refractivity contribution is -0.119. The highest BCUT2D eigenvalue weighted by Gasteiger charge is 2.35. The first-order chi connectivity index (χ1) is 11.1. The van der Waals surface area contributed by atoms with Gasteiger partial charge in [0.15, 0.2) is 0 Å². The van der Waals surface area contributed by atoms with E-state index in [1.165, 1.54) is 5.01 Å². The van der Waals surface area contributed by atoms with Crippen molar-refractivity contribution in [3.05, 3.63) is 58.1 Å². The Labute approximate surface area is 148 Å². The Morgan fingerprint density at radius 3 is 2.70 bits per heavy atom. The van der Waals surface area contributed by atoms with E-state index in [2.05, 4.69) is 5.10 Å². The van der Waals surface area contributed by atoms with Gasteiger partial charge < -0.3 is 0 Å². The first-order valence-corrected chi connectivity index (χ1v) is 8.96. The van der Waals surface area contributed by atoms with Gasteiger partial charge in [0.2, 0.25) is 5.91 Å². The SMILES string of the molecule is O=C1CC2CSc3c(Cl)cccc3C2=NN1c1ccc(Cl)cc1. The molecule has 23 heavy (non-hydrogen) atoms. The normalized spacial score (nSPS) is 19.9. The molecular weight excluding hydrogens is 351 g/mol.